The van der Waals surface area contributed by atoms with Crippen LogP contribution in [0.25, 0.3) is 10.9 Å². The number of benzene rings is 2. The Bertz CT molecular complexity index is 1380. The molecule has 2 aromatic carbocycles. The fourth-order valence-electron chi connectivity index (χ4n) is 4.63. The average Bonchev–Trinajstić information content (AvgIpc) is 3.46. The topological polar surface area (TPSA) is 129 Å². The van der Waals surface area contributed by atoms with Crippen molar-refractivity contribution in [1.29, 1.82) is 0 Å². The number of aryl methyl sites for hydroxylation is 1. The van der Waals surface area contributed by atoms with Gasteiger partial charge in [0.1, 0.15) is 4.90 Å². The number of aromatic nitrogens is 1. The minimum absolute atomic E-state index is 0.0185. The highest BCUT2D eigenvalue weighted by molar-refractivity contribution is 7.93. The zero-order valence-corrected chi connectivity index (χ0v) is 21.6. The molecule has 0 unspecified atom stereocenters. The molecule has 5 rings (SSSR count). The van der Waals surface area contributed by atoms with E-state index in [0.29, 0.717) is 35.4 Å². The second kappa shape index (κ2) is 11.7. The van der Waals surface area contributed by atoms with Crippen molar-refractivity contribution in [2.24, 2.45) is 5.92 Å². The molecule has 9 nitrogen and oxygen atoms in total. The molecule has 1 aliphatic heterocycles. The van der Waals surface area contributed by atoms with Gasteiger partial charge in [-0.3, -0.25) is 19.3 Å². The number of nitrogens with zero attached hydrogens (tertiary/aromatic N) is 2. The van der Waals surface area contributed by atoms with Gasteiger partial charge in [-0.2, -0.15) is 0 Å². The maximum Gasteiger partial charge on any atom is 0.306 e. The molecule has 10 heteroatoms. The van der Waals surface area contributed by atoms with Crippen LogP contribution >= 0.6 is 0 Å². The molecule has 0 atom stereocenters. The molecule has 0 spiro atoms. The third-order valence-electron chi connectivity index (χ3n) is 6.71. The third-order valence-corrected chi connectivity index (χ3v) is 8.11. The Kier molecular flexibility index (Phi) is 8.40. The Balaban J connectivity index is 0.000000342. The number of rotatable bonds is 5. The van der Waals surface area contributed by atoms with E-state index < -0.39 is 16.0 Å². The maximum absolute atomic E-state index is 13.0. The van der Waals surface area contributed by atoms with Crippen LogP contribution in [0.5, 0.6) is 0 Å². The summed E-state index contributed by atoms with van der Waals surface area (Å²) in [6, 6.07) is 13.7. The van der Waals surface area contributed by atoms with Crippen molar-refractivity contribution in [1.82, 2.24) is 15.2 Å². The number of carbonyl (C=O) groups excluding carboxylic acids is 1. The Hall–Kier alpha value is -3.50. The standard InChI is InChI=1S/C21H22N4O3S.C6H10O2/c1-15-14-17(21(26)25-12-10-22-11-13-25)7-8-18(15)24-29(27,28)19-6-2-4-16-5-3-9-23-20(16)19;7-6(8)5-3-1-2-4-5/h2-9,14,22,24H,10-13H2,1H3;5H,1-4H2,(H,7,8). The molecule has 2 aliphatic rings. The smallest absolute Gasteiger partial charge is 0.306 e. The van der Waals surface area contributed by atoms with Crippen LogP contribution in [-0.2, 0) is 14.8 Å². The third kappa shape index (κ3) is 6.44. The van der Waals surface area contributed by atoms with Crippen LogP contribution in [0.2, 0.25) is 0 Å². The van der Waals surface area contributed by atoms with Gasteiger partial charge >= 0.3 is 5.97 Å². The summed E-state index contributed by atoms with van der Waals surface area (Å²) in [7, 11) is -3.83. The van der Waals surface area contributed by atoms with E-state index >= 15 is 0 Å². The number of nitrogens with one attached hydrogen (secondary N) is 2. The Morgan fingerprint density at radius 1 is 1.05 bits per heavy atom. The van der Waals surface area contributed by atoms with Gasteiger partial charge < -0.3 is 15.3 Å². The molecule has 1 amide bonds. The summed E-state index contributed by atoms with van der Waals surface area (Å²) in [5.74, 6) is -0.667. The number of fused-ring (bicyclic) bond motifs is 1. The van der Waals surface area contributed by atoms with E-state index in [-0.39, 0.29) is 16.7 Å². The van der Waals surface area contributed by atoms with Crippen LogP contribution in [-0.4, -0.2) is 61.5 Å². The van der Waals surface area contributed by atoms with Crippen LogP contribution in [0, 0.1) is 12.8 Å². The summed E-state index contributed by atoms with van der Waals surface area (Å²) >= 11 is 0. The molecule has 1 aliphatic carbocycles. The highest BCUT2D eigenvalue weighted by Gasteiger charge is 2.22. The molecule has 1 saturated heterocycles. The van der Waals surface area contributed by atoms with Crippen molar-refractivity contribution in [3.63, 3.8) is 0 Å². The number of carboxylic acid groups (broad SMARTS) is 1. The number of pyridine rings is 1. The van der Waals surface area contributed by atoms with Crippen molar-refractivity contribution in [2.45, 2.75) is 37.5 Å². The second-order valence-corrected chi connectivity index (χ2v) is 11.0. The lowest BCUT2D eigenvalue weighted by Gasteiger charge is -2.27. The summed E-state index contributed by atoms with van der Waals surface area (Å²) < 4.78 is 28.6. The first-order chi connectivity index (χ1) is 17.8. The second-order valence-electron chi connectivity index (χ2n) is 9.33. The number of carboxylic acids is 1. The number of carbonyl (C=O) groups is 2. The number of para-hydroxylation sites is 1. The first-order valence-electron chi connectivity index (χ1n) is 12.5. The van der Waals surface area contributed by atoms with Gasteiger partial charge in [-0.05, 0) is 55.7 Å². The number of sulfonamides is 1. The van der Waals surface area contributed by atoms with Crippen molar-refractivity contribution < 1.29 is 23.1 Å². The van der Waals surface area contributed by atoms with Crippen LogP contribution in [0.15, 0.2) is 59.6 Å². The van der Waals surface area contributed by atoms with E-state index in [2.05, 4.69) is 15.0 Å². The molecule has 2 heterocycles. The molecule has 2 fully saturated rings. The summed E-state index contributed by atoms with van der Waals surface area (Å²) in [4.78, 5) is 29.0. The van der Waals surface area contributed by atoms with E-state index in [0.717, 1.165) is 44.2 Å². The molecular formula is C27H32N4O5S. The highest BCUT2D eigenvalue weighted by atomic mass is 32.2. The van der Waals surface area contributed by atoms with Gasteiger partial charge in [-0.1, -0.05) is 31.0 Å². The van der Waals surface area contributed by atoms with Crippen molar-refractivity contribution in [3.05, 3.63) is 65.9 Å². The molecule has 3 N–H and O–H groups in total. The van der Waals surface area contributed by atoms with Gasteiger partial charge in [-0.25, -0.2) is 8.42 Å². The van der Waals surface area contributed by atoms with E-state index in [4.69, 9.17) is 5.11 Å². The predicted molar refractivity (Wildman–Crippen MR) is 142 cm³/mol. The molecular weight excluding hydrogens is 492 g/mol. The highest BCUT2D eigenvalue weighted by Crippen LogP contribution is 2.26. The Labute approximate surface area is 217 Å². The molecule has 1 aromatic heterocycles. The molecule has 1 saturated carbocycles. The lowest BCUT2D eigenvalue weighted by molar-refractivity contribution is -0.141. The van der Waals surface area contributed by atoms with Gasteiger partial charge in [0, 0.05) is 43.3 Å². The summed E-state index contributed by atoms with van der Waals surface area (Å²) in [6.45, 7) is 4.68. The largest absolute Gasteiger partial charge is 0.481 e. The number of amides is 1. The molecule has 0 bridgehead atoms. The van der Waals surface area contributed by atoms with Crippen LogP contribution in [0.4, 0.5) is 5.69 Å². The van der Waals surface area contributed by atoms with Gasteiger partial charge in [0.15, 0.2) is 0 Å². The normalized spacial score (nSPS) is 16.2. The summed E-state index contributed by atoms with van der Waals surface area (Å²) in [5.41, 5.74) is 2.10. The van der Waals surface area contributed by atoms with Gasteiger partial charge in [0.2, 0.25) is 0 Å². The van der Waals surface area contributed by atoms with E-state index in [1.165, 1.54) is 6.07 Å². The molecule has 196 valence electrons. The lowest BCUT2D eigenvalue weighted by atomic mass is 10.1. The van der Waals surface area contributed by atoms with E-state index in [1.807, 2.05) is 12.1 Å². The zero-order chi connectivity index (χ0) is 26.4. The molecule has 3 aromatic rings. The van der Waals surface area contributed by atoms with Gasteiger partial charge in [0.25, 0.3) is 15.9 Å². The quantitative estimate of drug-likeness (QED) is 0.465. The van der Waals surface area contributed by atoms with E-state index in [1.54, 1.807) is 48.4 Å². The van der Waals surface area contributed by atoms with Crippen molar-refractivity contribution in [3.8, 4) is 0 Å². The fourth-order valence-corrected chi connectivity index (χ4v) is 5.94. The van der Waals surface area contributed by atoms with Crippen molar-refractivity contribution in [2.75, 3.05) is 30.9 Å². The van der Waals surface area contributed by atoms with E-state index in [9.17, 15) is 18.0 Å². The number of anilines is 1. The maximum atomic E-state index is 13.0. The summed E-state index contributed by atoms with van der Waals surface area (Å²) in [6.07, 6.45) is 5.59. The van der Waals surface area contributed by atoms with Crippen molar-refractivity contribution >= 4 is 38.5 Å². The van der Waals surface area contributed by atoms with Crippen LogP contribution in [0.3, 0.4) is 0 Å². The SMILES string of the molecule is Cc1cc(C(=O)N2CCNCC2)ccc1NS(=O)(=O)c1cccc2cccnc12.O=C(O)C1CCCC1. The Morgan fingerprint density at radius 2 is 1.76 bits per heavy atom. The fraction of sp³-hybridized carbons (Fsp3) is 0.370. The van der Waals surface area contributed by atoms with Crippen LogP contribution < -0.4 is 10.0 Å². The average molecular weight is 525 g/mol. The number of piperazine rings is 1. The minimum Gasteiger partial charge on any atom is -0.481 e. The van der Waals surface area contributed by atoms with Gasteiger partial charge in [0.05, 0.1) is 17.1 Å². The number of hydrogen-bond acceptors (Lipinski definition) is 6. The molecule has 37 heavy (non-hydrogen) atoms. The minimum atomic E-state index is -3.83. The summed E-state index contributed by atoms with van der Waals surface area (Å²) in [5, 5.41) is 12.4. The van der Waals surface area contributed by atoms with Crippen LogP contribution in [0.1, 0.15) is 41.6 Å². The monoisotopic (exact) mass is 524 g/mol. The molecule has 0 radical (unpaired) electrons. The Morgan fingerprint density at radius 3 is 2.41 bits per heavy atom. The zero-order valence-electron chi connectivity index (χ0n) is 20.8. The number of aliphatic carboxylic acids is 1. The number of hydrogen-bond donors (Lipinski definition) is 3. The lowest BCUT2D eigenvalue weighted by Crippen LogP contribution is -2.46. The first kappa shape index (κ1) is 26.6. The predicted octanol–water partition coefficient (Wildman–Crippen LogP) is 3.65. The first-order valence-corrected chi connectivity index (χ1v) is 13.9. The van der Waals surface area contributed by atoms with Gasteiger partial charge in [-0.15, -0.1) is 0 Å².